The van der Waals surface area contributed by atoms with Crippen molar-refractivity contribution in [2.24, 2.45) is 0 Å². The summed E-state index contributed by atoms with van der Waals surface area (Å²) in [5.41, 5.74) is 0.538. The van der Waals surface area contributed by atoms with Gasteiger partial charge in [0.15, 0.2) is 0 Å². The number of amides is 1. The number of benzene rings is 1. The Kier molecular flexibility index (Phi) is 5.48. The Morgan fingerprint density at radius 1 is 1.40 bits per heavy atom. The summed E-state index contributed by atoms with van der Waals surface area (Å²) in [6.45, 7) is 6.06. The van der Waals surface area contributed by atoms with Gasteiger partial charge in [-0.25, -0.2) is 0 Å². The number of nitrogens with zero attached hydrogens (tertiary/aromatic N) is 2. The van der Waals surface area contributed by atoms with E-state index in [9.17, 15) is 9.90 Å². The molecule has 0 bridgehead atoms. The molecule has 0 atom stereocenters. The van der Waals surface area contributed by atoms with Gasteiger partial charge in [0, 0.05) is 19.2 Å². The third-order valence-electron chi connectivity index (χ3n) is 2.73. The van der Waals surface area contributed by atoms with E-state index in [1.54, 1.807) is 49.1 Å². The summed E-state index contributed by atoms with van der Waals surface area (Å²) in [5.74, 6) is -0.140. The molecule has 1 amide bonds. The summed E-state index contributed by atoms with van der Waals surface area (Å²) in [5, 5.41) is 18.5. The Labute approximate surface area is 119 Å². The number of nitriles is 1. The average molecular weight is 272 g/mol. The minimum Gasteiger partial charge on any atom is -0.389 e. The zero-order valence-corrected chi connectivity index (χ0v) is 12.1. The molecule has 4 nitrogen and oxygen atoms in total. The molecule has 0 fully saturated rings. The molecular weight excluding hydrogens is 252 g/mol. The summed E-state index contributed by atoms with van der Waals surface area (Å²) >= 11 is 0. The quantitative estimate of drug-likeness (QED) is 0.836. The Morgan fingerprint density at radius 3 is 2.45 bits per heavy atom. The van der Waals surface area contributed by atoms with Crippen LogP contribution in [0, 0.1) is 11.3 Å². The first-order chi connectivity index (χ1) is 9.35. The van der Waals surface area contributed by atoms with Crippen LogP contribution in [0.4, 0.5) is 0 Å². The SMILES string of the molecule is CCN(CC(C)(C)O)C(=O)C=Cc1ccc(C#N)cc1. The van der Waals surface area contributed by atoms with Gasteiger partial charge in [-0.15, -0.1) is 0 Å². The monoisotopic (exact) mass is 272 g/mol. The smallest absolute Gasteiger partial charge is 0.246 e. The topological polar surface area (TPSA) is 64.3 Å². The largest absolute Gasteiger partial charge is 0.389 e. The molecule has 1 aromatic carbocycles. The molecule has 0 aliphatic rings. The number of carbonyl (C=O) groups excluding carboxylic acids is 1. The van der Waals surface area contributed by atoms with Crippen LogP contribution < -0.4 is 0 Å². The van der Waals surface area contributed by atoms with Crippen molar-refractivity contribution in [2.45, 2.75) is 26.4 Å². The fourth-order valence-electron chi connectivity index (χ4n) is 1.75. The normalized spacial score (nSPS) is 11.3. The van der Waals surface area contributed by atoms with E-state index >= 15 is 0 Å². The maximum absolute atomic E-state index is 12.0. The van der Waals surface area contributed by atoms with Gasteiger partial charge >= 0.3 is 0 Å². The number of rotatable bonds is 5. The molecule has 1 rings (SSSR count). The predicted octanol–water partition coefficient (Wildman–Crippen LogP) is 2.19. The number of likely N-dealkylation sites (N-methyl/N-ethyl adjacent to an activating group) is 1. The van der Waals surface area contributed by atoms with Crippen LogP contribution in [0.3, 0.4) is 0 Å². The van der Waals surface area contributed by atoms with Gasteiger partial charge in [0.2, 0.25) is 5.91 Å². The van der Waals surface area contributed by atoms with E-state index < -0.39 is 5.60 Å². The Hall–Kier alpha value is -2.12. The van der Waals surface area contributed by atoms with Gasteiger partial charge in [-0.2, -0.15) is 5.26 Å². The predicted molar refractivity (Wildman–Crippen MR) is 78.7 cm³/mol. The molecular formula is C16H20N2O2. The molecule has 1 N–H and O–H groups in total. The molecule has 0 saturated carbocycles. The highest BCUT2D eigenvalue weighted by atomic mass is 16.3. The summed E-state index contributed by atoms with van der Waals surface area (Å²) < 4.78 is 0. The van der Waals surface area contributed by atoms with E-state index in [-0.39, 0.29) is 5.91 Å². The maximum Gasteiger partial charge on any atom is 0.246 e. The van der Waals surface area contributed by atoms with Crippen molar-refractivity contribution < 1.29 is 9.90 Å². The van der Waals surface area contributed by atoms with E-state index in [0.717, 1.165) is 5.56 Å². The zero-order valence-electron chi connectivity index (χ0n) is 12.1. The van der Waals surface area contributed by atoms with Gasteiger partial charge in [0.05, 0.1) is 17.2 Å². The van der Waals surface area contributed by atoms with Gasteiger partial charge in [-0.1, -0.05) is 12.1 Å². The van der Waals surface area contributed by atoms with E-state index in [0.29, 0.717) is 18.7 Å². The summed E-state index contributed by atoms with van der Waals surface area (Å²) in [6.07, 6.45) is 3.19. The second-order valence-corrected chi connectivity index (χ2v) is 5.23. The molecule has 1 aromatic rings. The van der Waals surface area contributed by atoms with E-state index in [1.165, 1.54) is 6.08 Å². The molecule has 0 saturated heterocycles. The van der Waals surface area contributed by atoms with Gasteiger partial charge in [0.25, 0.3) is 0 Å². The van der Waals surface area contributed by atoms with Crippen LogP contribution in [-0.2, 0) is 4.79 Å². The molecule has 0 spiro atoms. The van der Waals surface area contributed by atoms with Gasteiger partial charge in [-0.05, 0) is 44.5 Å². The lowest BCUT2D eigenvalue weighted by Crippen LogP contribution is -2.41. The highest BCUT2D eigenvalue weighted by Gasteiger charge is 2.19. The van der Waals surface area contributed by atoms with E-state index in [2.05, 4.69) is 0 Å². The van der Waals surface area contributed by atoms with Gasteiger partial charge in [-0.3, -0.25) is 4.79 Å². The standard InChI is InChI=1S/C16H20N2O2/c1-4-18(12-16(2,3)20)15(19)10-9-13-5-7-14(11-17)8-6-13/h5-10,20H,4,12H2,1-3H3. The zero-order chi connectivity index (χ0) is 15.2. The second kappa shape index (κ2) is 6.88. The lowest BCUT2D eigenvalue weighted by Gasteiger charge is -2.27. The molecule has 0 radical (unpaired) electrons. The second-order valence-electron chi connectivity index (χ2n) is 5.23. The van der Waals surface area contributed by atoms with E-state index in [4.69, 9.17) is 5.26 Å². The Balaban J connectivity index is 2.72. The van der Waals surface area contributed by atoms with Crippen LogP contribution in [0.15, 0.2) is 30.3 Å². The molecule has 0 aromatic heterocycles. The molecule has 0 unspecified atom stereocenters. The van der Waals surface area contributed by atoms with Crippen molar-refractivity contribution in [1.82, 2.24) is 4.90 Å². The van der Waals surface area contributed by atoms with Crippen molar-refractivity contribution >= 4 is 12.0 Å². The van der Waals surface area contributed by atoms with Crippen LogP contribution >= 0.6 is 0 Å². The van der Waals surface area contributed by atoms with Crippen molar-refractivity contribution in [2.75, 3.05) is 13.1 Å². The number of carbonyl (C=O) groups is 1. The van der Waals surface area contributed by atoms with Crippen LogP contribution in [-0.4, -0.2) is 34.6 Å². The minimum atomic E-state index is -0.909. The first-order valence-electron chi connectivity index (χ1n) is 6.55. The van der Waals surface area contributed by atoms with Crippen LogP contribution in [0.2, 0.25) is 0 Å². The molecule has 20 heavy (non-hydrogen) atoms. The summed E-state index contributed by atoms with van der Waals surface area (Å²) in [6, 6.07) is 9.03. The van der Waals surface area contributed by atoms with Crippen LogP contribution in [0.1, 0.15) is 31.9 Å². The lowest BCUT2D eigenvalue weighted by atomic mass is 10.1. The van der Waals surface area contributed by atoms with Crippen molar-refractivity contribution in [3.05, 3.63) is 41.5 Å². The molecule has 0 heterocycles. The van der Waals surface area contributed by atoms with Crippen molar-refractivity contribution in [1.29, 1.82) is 5.26 Å². The van der Waals surface area contributed by atoms with Gasteiger partial charge < -0.3 is 10.0 Å². The Bertz CT molecular complexity index is 519. The van der Waals surface area contributed by atoms with Gasteiger partial charge in [0.1, 0.15) is 0 Å². The fourth-order valence-corrected chi connectivity index (χ4v) is 1.75. The number of aliphatic hydroxyl groups is 1. The van der Waals surface area contributed by atoms with Crippen molar-refractivity contribution in [3.8, 4) is 6.07 Å². The molecule has 106 valence electrons. The highest BCUT2D eigenvalue weighted by Crippen LogP contribution is 2.08. The fraction of sp³-hybridized carbons (Fsp3) is 0.375. The lowest BCUT2D eigenvalue weighted by molar-refractivity contribution is -0.128. The summed E-state index contributed by atoms with van der Waals surface area (Å²) in [7, 11) is 0. The third-order valence-corrected chi connectivity index (χ3v) is 2.73. The van der Waals surface area contributed by atoms with E-state index in [1.807, 2.05) is 13.0 Å². The number of hydrogen-bond donors (Lipinski definition) is 1. The molecule has 0 aliphatic carbocycles. The first-order valence-corrected chi connectivity index (χ1v) is 6.55. The van der Waals surface area contributed by atoms with Crippen LogP contribution in [0.25, 0.3) is 6.08 Å². The van der Waals surface area contributed by atoms with Crippen molar-refractivity contribution in [3.63, 3.8) is 0 Å². The third kappa shape index (κ3) is 5.25. The molecule has 4 heteroatoms. The number of hydrogen-bond acceptors (Lipinski definition) is 3. The average Bonchev–Trinajstić information content (AvgIpc) is 2.41. The summed E-state index contributed by atoms with van der Waals surface area (Å²) in [4.78, 5) is 13.6. The highest BCUT2D eigenvalue weighted by molar-refractivity contribution is 5.91. The Morgan fingerprint density at radius 2 is 2.00 bits per heavy atom. The first kappa shape index (κ1) is 15.9. The maximum atomic E-state index is 12.0. The van der Waals surface area contributed by atoms with Crippen LogP contribution in [0.5, 0.6) is 0 Å². The molecule has 0 aliphatic heterocycles. The minimum absolute atomic E-state index is 0.140.